The lowest BCUT2D eigenvalue weighted by atomic mass is 10.2. The van der Waals surface area contributed by atoms with E-state index in [4.69, 9.17) is 4.74 Å². The molecular weight excluding hydrogens is 221 g/mol. The van der Waals surface area contributed by atoms with E-state index in [0.717, 1.165) is 23.7 Å². The molecule has 0 aliphatic carbocycles. The highest BCUT2D eigenvalue weighted by molar-refractivity contribution is 5.60. The van der Waals surface area contributed by atoms with Gasteiger partial charge in [0.2, 0.25) is 0 Å². The Morgan fingerprint density at radius 1 is 1.47 bits per heavy atom. The first-order valence-electron chi connectivity index (χ1n) is 5.48. The van der Waals surface area contributed by atoms with E-state index in [2.05, 4.69) is 14.9 Å². The first-order valence-corrected chi connectivity index (χ1v) is 5.48. The van der Waals surface area contributed by atoms with Gasteiger partial charge in [0, 0.05) is 12.3 Å². The molecule has 0 spiro atoms. The molecule has 0 amide bonds. The maximum absolute atomic E-state index is 13.2. The Balaban J connectivity index is 1.90. The number of anilines is 1. The lowest BCUT2D eigenvalue weighted by Gasteiger charge is -2.30. The summed E-state index contributed by atoms with van der Waals surface area (Å²) in [6.07, 6.45) is 3.48. The van der Waals surface area contributed by atoms with E-state index in [1.807, 2.05) is 6.20 Å². The number of nitrogens with one attached hydrogen (secondary N) is 1. The maximum atomic E-state index is 13.2. The number of H-pyrrole nitrogens is 1. The second-order valence-corrected chi connectivity index (χ2v) is 3.94. The van der Waals surface area contributed by atoms with Crippen LogP contribution in [-0.2, 0) is 6.54 Å². The zero-order valence-electron chi connectivity index (χ0n) is 9.19. The van der Waals surface area contributed by atoms with Gasteiger partial charge in [-0.05, 0) is 12.1 Å². The van der Waals surface area contributed by atoms with E-state index >= 15 is 0 Å². The first-order chi connectivity index (χ1) is 8.33. The Morgan fingerprint density at radius 2 is 2.41 bits per heavy atom. The van der Waals surface area contributed by atoms with Crippen LogP contribution in [0.1, 0.15) is 5.69 Å². The lowest BCUT2D eigenvalue weighted by Crippen LogP contribution is -2.32. The average molecular weight is 233 g/mol. The fraction of sp³-hybridized carbons (Fsp3) is 0.250. The number of imidazole rings is 1. The molecule has 5 heteroatoms. The minimum atomic E-state index is -0.249. The fourth-order valence-electron chi connectivity index (χ4n) is 1.98. The van der Waals surface area contributed by atoms with Gasteiger partial charge in [-0.15, -0.1) is 0 Å². The summed E-state index contributed by atoms with van der Waals surface area (Å²) in [4.78, 5) is 9.15. The minimum absolute atomic E-state index is 0.249. The summed E-state index contributed by atoms with van der Waals surface area (Å²) in [5.74, 6) is 0.481. The van der Waals surface area contributed by atoms with Crippen molar-refractivity contribution in [1.29, 1.82) is 0 Å². The molecule has 0 radical (unpaired) electrons. The monoisotopic (exact) mass is 233 g/mol. The Morgan fingerprint density at radius 3 is 3.24 bits per heavy atom. The molecule has 0 saturated carbocycles. The molecule has 0 saturated heterocycles. The molecule has 0 fully saturated rings. The number of rotatable bonds is 2. The third kappa shape index (κ3) is 1.95. The molecule has 1 aromatic heterocycles. The summed E-state index contributed by atoms with van der Waals surface area (Å²) in [6.45, 7) is 2.01. The summed E-state index contributed by atoms with van der Waals surface area (Å²) in [5, 5.41) is 0. The Bertz CT molecular complexity index is 512. The molecule has 4 nitrogen and oxygen atoms in total. The normalized spacial score (nSPS) is 14.3. The number of hydrogen-bond donors (Lipinski definition) is 1. The predicted molar refractivity (Wildman–Crippen MR) is 61.5 cm³/mol. The van der Waals surface area contributed by atoms with Crippen molar-refractivity contribution in [3.8, 4) is 5.75 Å². The minimum Gasteiger partial charge on any atom is -0.490 e. The summed E-state index contributed by atoms with van der Waals surface area (Å²) >= 11 is 0. The van der Waals surface area contributed by atoms with Gasteiger partial charge < -0.3 is 14.6 Å². The fourth-order valence-corrected chi connectivity index (χ4v) is 1.98. The second-order valence-electron chi connectivity index (χ2n) is 3.94. The van der Waals surface area contributed by atoms with E-state index < -0.39 is 0 Å². The van der Waals surface area contributed by atoms with Crippen molar-refractivity contribution in [2.24, 2.45) is 0 Å². The number of halogens is 1. The number of nitrogens with zero attached hydrogens (tertiary/aromatic N) is 2. The van der Waals surface area contributed by atoms with E-state index in [0.29, 0.717) is 13.2 Å². The molecular formula is C12H12FN3O. The SMILES string of the molecule is Fc1ccc2c(c1)N(Cc1c[nH]cn1)CCO2. The third-order valence-corrected chi connectivity index (χ3v) is 2.79. The Hall–Kier alpha value is -2.04. The van der Waals surface area contributed by atoms with Gasteiger partial charge in [-0.25, -0.2) is 9.37 Å². The van der Waals surface area contributed by atoms with Crippen LogP contribution in [0.3, 0.4) is 0 Å². The lowest BCUT2D eigenvalue weighted by molar-refractivity contribution is 0.306. The van der Waals surface area contributed by atoms with Crippen LogP contribution in [0.5, 0.6) is 5.75 Å². The molecule has 1 N–H and O–H groups in total. The molecule has 1 aliphatic heterocycles. The van der Waals surface area contributed by atoms with Gasteiger partial charge in [0.1, 0.15) is 18.2 Å². The highest BCUT2D eigenvalue weighted by Crippen LogP contribution is 2.32. The average Bonchev–Trinajstić information content (AvgIpc) is 2.83. The molecule has 1 aromatic carbocycles. The molecule has 2 aromatic rings. The number of hydrogen-bond acceptors (Lipinski definition) is 3. The van der Waals surface area contributed by atoms with Gasteiger partial charge in [-0.3, -0.25) is 0 Å². The Kier molecular flexibility index (Phi) is 2.44. The maximum Gasteiger partial charge on any atom is 0.142 e. The quantitative estimate of drug-likeness (QED) is 0.862. The van der Waals surface area contributed by atoms with Gasteiger partial charge in [-0.2, -0.15) is 0 Å². The van der Waals surface area contributed by atoms with Crippen LogP contribution >= 0.6 is 0 Å². The zero-order chi connectivity index (χ0) is 11.7. The van der Waals surface area contributed by atoms with E-state index in [-0.39, 0.29) is 5.82 Å². The molecule has 17 heavy (non-hydrogen) atoms. The smallest absolute Gasteiger partial charge is 0.142 e. The van der Waals surface area contributed by atoms with Crippen molar-refractivity contribution in [3.63, 3.8) is 0 Å². The van der Waals surface area contributed by atoms with Crippen molar-refractivity contribution in [1.82, 2.24) is 9.97 Å². The molecule has 3 rings (SSSR count). The van der Waals surface area contributed by atoms with Gasteiger partial charge in [0.15, 0.2) is 0 Å². The number of fused-ring (bicyclic) bond motifs is 1. The standard InChI is InChI=1S/C12H12FN3O/c13-9-1-2-12-11(5-9)16(3-4-17-12)7-10-6-14-8-15-10/h1-2,5-6,8H,3-4,7H2,(H,14,15). The van der Waals surface area contributed by atoms with E-state index in [1.54, 1.807) is 12.4 Å². The van der Waals surface area contributed by atoms with Crippen LogP contribution < -0.4 is 9.64 Å². The number of aromatic amines is 1. The molecule has 88 valence electrons. The predicted octanol–water partition coefficient (Wildman–Crippen LogP) is 1.95. The van der Waals surface area contributed by atoms with Crippen molar-refractivity contribution in [3.05, 3.63) is 42.2 Å². The first kappa shape index (κ1) is 10.1. The largest absolute Gasteiger partial charge is 0.490 e. The zero-order valence-corrected chi connectivity index (χ0v) is 9.19. The molecule has 0 bridgehead atoms. The molecule has 0 unspecified atom stereocenters. The number of aromatic nitrogens is 2. The Labute approximate surface area is 98.0 Å². The van der Waals surface area contributed by atoms with Crippen LogP contribution in [0.2, 0.25) is 0 Å². The second kappa shape index (κ2) is 4.08. The number of ether oxygens (including phenoxy) is 1. The highest BCUT2D eigenvalue weighted by Gasteiger charge is 2.19. The van der Waals surface area contributed by atoms with Gasteiger partial charge in [-0.1, -0.05) is 0 Å². The summed E-state index contributed by atoms with van der Waals surface area (Å²) in [7, 11) is 0. The number of benzene rings is 1. The topological polar surface area (TPSA) is 41.2 Å². The molecule has 2 heterocycles. The third-order valence-electron chi connectivity index (χ3n) is 2.79. The molecule has 1 aliphatic rings. The van der Waals surface area contributed by atoms with Crippen LogP contribution in [0, 0.1) is 5.82 Å². The van der Waals surface area contributed by atoms with Crippen molar-refractivity contribution < 1.29 is 9.13 Å². The summed E-state index contributed by atoms with van der Waals surface area (Å²) in [6, 6.07) is 4.58. The van der Waals surface area contributed by atoms with Gasteiger partial charge >= 0.3 is 0 Å². The van der Waals surface area contributed by atoms with Crippen molar-refractivity contribution >= 4 is 5.69 Å². The van der Waals surface area contributed by atoms with Gasteiger partial charge in [0.05, 0.1) is 30.8 Å². The highest BCUT2D eigenvalue weighted by atomic mass is 19.1. The van der Waals surface area contributed by atoms with E-state index in [9.17, 15) is 4.39 Å². The van der Waals surface area contributed by atoms with Crippen LogP contribution in [-0.4, -0.2) is 23.1 Å². The van der Waals surface area contributed by atoms with E-state index in [1.165, 1.54) is 12.1 Å². The van der Waals surface area contributed by atoms with Crippen molar-refractivity contribution in [2.75, 3.05) is 18.1 Å². The van der Waals surface area contributed by atoms with Gasteiger partial charge in [0.25, 0.3) is 0 Å². The molecule has 0 atom stereocenters. The van der Waals surface area contributed by atoms with Crippen LogP contribution in [0.15, 0.2) is 30.7 Å². The summed E-state index contributed by atoms with van der Waals surface area (Å²) in [5.41, 5.74) is 1.72. The summed E-state index contributed by atoms with van der Waals surface area (Å²) < 4.78 is 18.7. The van der Waals surface area contributed by atoms with Crippen molar-refractivity contribution in [2.45, 2.75) is 6.54 Å². The van der Waals surface area contributed by atoms with Crippen LogP contribution in [0.4, 0.5) is 10.1 Å². The van der Waals surface area contributed by atoms with Crippen LogP contribution in [0.25, 0.3) is 0 Å².